The zero-order valence-corrected chi connectivity index (χ0v) is 6.27. The van der Waals surface area contributed by atoms with Gasteiger partial charge in [-0.2, -0.15) is 0 Å². The van der Waals surface area contributed by atoms with Crippen LogP contribution < -0.4 is 0 Å². The Hall–Kier alpha value is -0.430. The molecule has 2 heteroatoms. The first kappa shape index (κ1) is 6.69. The summed E-state index contributed by atoms with van der Waals surface area (Å²) in [5, 5.41) is -0.0151. The van der Waals surface area contributed by atoms with Crippen molar-refractivity contribution in [3.63, 3.8) is 0 Å². The Morgan fingerprint density at radius 3 is 2.56 bits per heavy atom. The summed E-state index contributed by atoms with van der Waals surface area (Å²) in [7, 11) is 0. The standard InChI is InChI=1S/C7H9ClO/c1-5-3-7(6(2)8)9-4-5/h3-4,6H,1-2H3/t6-/m1/s1. The number of aryl methyl sites for hydroxylation is 1. The van der Waals surface area contributed by atoms with Crippen LogP contribution >= 0.6 is 11.6 Å². The lowest BCUT2D eigenvalue weighted by atomic mass is 10.3. The van der Waals surface area contributed by atoms with E-state index in [2.05, 4.69) is 0 Å². The van der Waals surface area contributed by atoms with Gasteiger partial charge in [0.1, 0.15) is 5.76 Å². The maximum Gasteiger partial charge on any atom is 0.121 e. The molecule has 9 heavy (non-hydrogen) atoms. The normalized spacial score (nSPS) is 13.7. The SMILES string of the molecule is Cc1coc([C@@H](C)Cl)c1. The van der Waals surface area contributed by atoms with E-state index in [1.165, 1.54) is 0 Å². The molecule has 0 aliphatic rings. The molecule has 1 heterocycles. The smallest absolute Gasteiger partial charge is 0.121 e. The topological polar surface area (TPSA) is 13.1 Å². The van der Waals surface area contributed by atoms with Gasteiger partial charge >= 0.3 is 0 Å². The van der Waals surface area contributed by atoms with Crippen molar-refractivity contribution in [3.8, 4) is 0 Å². The summed E-state index contributed by atoms with van der Waals surface area (Å²) in [5.41, 5.74) is 1.12. The van der Waals surface area contributed by atoms with Crippen LogP contribution in [-0.4, -0.2) is 0 Å². The van der Waals surface area contributed by atoms with E-state index in [-0.39, 0.29) is 5.38 Å². The van der Waals surface area contributed by atoms with Crippen molar-refractivity contribution in [2.24, 2.45) is 0 Å². The summed E-state index contributed by atoms with van der Waals surface area (Å²) in [6.07, 6.45) is 1.70. The molecule has 1 aromatic heterocycles. The molecule has 1 nitrogen and oxygen atoms in total. The molecular formula is C7H9ClO. The molecule has 0 aliphatic heterocycles. The molecule has 50 valence electrons. The summed E-state index contributed by atoms with van der Waals surface area (Å²) in [6.45, 7) is 3.87. The fourth-order valence-corrected chi connectivity index (χ4v) is 0.776. The van der Waals surface area contributed by atoms with E-state index in [1.807, 2.05) is 19.9 Å². The highest BCUT2D eigenvalue weighted by Gasteiger charge is 2.03. The maximum absolute atomic E-state index is 5.72. The van der Waals surface area contributed by atoms with Crippen molar-refractivity contribution in [1.29, 1.82) is 0 Å². The first-order chi connectivity index (χ1) is 4.20. The van der Waals surface area contributed by atoms with Gasteiger partial charge in [0, 0.05) is 0 Å². The predicted octanol–water partition coefficient (Wildman–Crippen LogP) is 2.89. The van der Waals surface area contributed by atoms with Gasteiger partial charge in [0.2, 0.25) is 0 Å². The molecule has 1 rings (SSSR count). The third kappa shape index (κ3) is 1.49. The van der Waals surface area contributed by atoms with E-state index < -0.39 is 0 Å². The molecule has 0 amide bonds. The van der Waals surface area contributed by atoms with Crippen LogP contribution in [-0.2, 0) is 0 Å². The van der Waals surface area contributed by atoms with Crippen molar-refractivity contribution >= 4 is 11.6 Å². The highest BCUT2D eigenvalue weighted by atomic mass is 35.5. The average molecular weight is 145 g/mol. The Kier molecular flexibility index (Phi) is 1.81. The van der Waals surface area contributed by atoms with Gasteiger partial charge in [-0.25, -0.2) is 0 Å². The Balaban J connectivity index is 2.85. The van der Waals surface area contributed by atoms with Gasteiger partial charge in [-0.3, -0.25) is 0 Å². The van der Waals surface area contributed by atoms with E-state index in [9.17, 15) is 0 Å². The number of halogens is 1. The average Bonchev–Trinajstić information content (AvgIpc) is 2.14. The first-order valence-corrected chi connectivity index (χ1v) is 3.33. The number of alkyl halides is 1. The van der Waals surface area contributed by atoms with Crippen LogP contribution in [0.1, 0.15) is 23.6 Å². The van der Waals surface area contributed by atoms with Crippen molar-refractivity contribution in [1.82, 2.24) is 0 Å². The highest BCUT2D eigenvalue weighted by molar-refractivity contribution is 6.20. The van der Waals surface area contributed by atoms with E-state index in [0.717, 1.165) is 11.3 Å². The minimum Gasteiger partial charge on any atom is -0.468 e. The van der Waals surface area contributed by atoms with Gasteiger partial charge in [0.05, 0.1) is 11.6 Å². The Morgan fingerprint density at radius 1 is 1.67 bits per heavy atom. The monoisotopic (exact) mass is 144 g/mol. The van der Waals surface area contributed by atoms with Gasteiger partial charge in [0.15, 0.2) is 0 Å². The predicted molar refractivity (Wildman–Crippen MR) is 37.7 cm³/mol. The van der Waals surface area contributed by atoms with E-state index in [4.69, 9.17) is 16.0 Å². The molecule has 0 spiro atoms. The third-order valence-electron chi connectivity index (χ3n) is 1.14. The molecule has 0 saturated carbocycles. The van der Waals surface area contributed by atoms with Crippen LogP contribution in [0.5, 0.6) is 0 Å². The molecule has 0 N–H and O–H groups in total. The molecule has 0 aromatic carbocycles. The molecule has 0 aliphatic carbocycles. The van der Waals surface area contributed by atoms with Crippen molar-refractivity contribution in [2.45, 2.75) is 19.2 Å². The Morgan fingerprint density at radius 2 is 2.33 bits per heavy atom. The van der Waals surface area contributed by atoms with Gasteiger partial charge in [0.25, 0.3) is 0 Å². The largest absolute Gasteiger partial charge is 0.468 e. The second kappa shape index (κ2) is 2.44. The van der Waals surface area contributed by atoms with Crippen LogP contribution in [0.4, 0.5) is 0 Å². The minimum atomic E-state index is -0.0151. The van der Waals surface area contributed by atoms with Crippen LogP contribution in [0, 0.1) is 6.92 Å². The van der Waals surface area contributed by atoms with Crippen LogP contribution in [0.25, 0.3) is 0 Å². The molecule has 0 radical (unpaired) electrons. The van der Waals surface area contributed by atoms with Gasteiger partial charge in [-0.05, 0) is 25.5 Å². The second-order valence-corrected chi connectivity index (χ2v) is 2.80. The number of hydrogen-bond donors (Lipinski definition) is 0. The third-order valence-corrected chi connectivity index (χ3v) is 1.36. The van der Waals surface area contributed by atoms with Crippen molar-refractivity contribution < 1.29 is 4.42 Å². The Labute approximate surface area is 59.6 Å². The summed E-state index contributed by atoms with van der Waals surface area (Å²) < 4.78 is 5.09. The van der Waals surface area contributed by atoms with Crippen LogP contribution in [0.2, 0.25) is 0 Å². The number of rotatable bonds is 1. The van der Waals surface area contributed by atoms with Crippen molar-refractivity contribution in [3.05, 3.63) is 23.7 Å². The van der Waals surface area contributed by atoms with Gasteiger partial charge in [-0.15, -0.1) is 11.6 Å². The lowest BCUT2D eigenvalue weighted by Crippen LogP contribution is -1.75. The minimum absolute atomic E-state index is 0.0151. The summed E-state index contributed by atoms with van der Waals surface area (Å²) >= 11 is 5.72. The lowest BCUT2D eigenvalue weighted by molar-refractivity contribution is 0.510. The fourth-order valence-electron chi connectivity index (χ4n) is 0.662. The van der Waals surface area contributed by atoms with Crippen molar-refractivity contribution in [2.75, 3.05) is 0 Å². The van der Waals surface area contributed by atoms with E-state index in [1.54, 1.807) is 6.26 Å². The van der Waals surface area contributed by atoms with Gasteiger partial charge in [-0.1, -0.05) is 0 Å². The summed E-state index contributed by atoms with van der Waals surface area (Å²) in [5.74, 6) is 0.842. The zero-order valence-electron chi connectivity index (χ0n) is 5.52. The molecule has 0 unspecified atom stereocenters. The fraction of sp³-hybridized carbons (Fsp3) is 0.429. The quantitative estimate of drug-likeness (QED) is 0.553. The number of furan rings is 1. The molecule has 0 fully saturated rings. The summed E-state index contributed by atoms with van der Waals surface area (Å²) in [6, 6.07) is 1.94. The lowest BCUT2D eigenvalue weighted by Gasteiger charge is -1.92. The molecule has 1 aromatic rings. The Bertz CT molecular complexity index is 191. The van der Waals surface area contributed by atoms with Crippen LogP contribution in [0.15, 0.2) is 16.7 Å². The molecule has 1 atom stereocenters. The first-order valence-electron chi connectivity index (χ1n) is 2.89. The zero-order chi connectivity index (χ0) is 6.85. The maximum atomic E-state index is 5.72. The van der Waals surface area contributed by atoms with Crippen LogP contribution in [0.3, 0.4) is 0 Å². The summed E-state index contributed by atoms with van der Waals surface area (Å²) in [4.78, 5) is 0. The molecule has 0 saturated heterocycles. The van der Waals surface area contributed by atoms with Gasteiger partial charge < -0.3 is 4.42 Å². The molecular weight excluding hydrogens is 136 g/mol. The van der Waals surface area contributed by atoms with E-state index >= 15 is 0 Å². The van der Waals surface area contributed by atoms with E-state index in [0.29, 0.717) is 0 Å². The number of hydrogen-bond acceptors (Lipinski definition) is 1. The second-order valence-electron chi connectivity index (χ2n) is 2.14. The molecule has 0 bridgehead atoms. The highest BCUT2D eigenvalue weighted by Crippen LogP contribution is 2.20.